The van der Waals surface area contributed by atoms with Crippen molar-refractivity contribution in [1.29, 1.82) is 0 Å². The fraction of sp³-hybridized carbons (Fsp3) is 0.214. The molecule has 0 aliphatic rings. The number of rotatable bonds is 3. The van der Waals surface area contributed by atoms with Crippen LogP contribution < -0.4 is 5.56 Å². The minimum Gasteiger partial charge on any atom is -0.457 e. The van der Waals surface area contributed by atoms with Crippen molar-refractivity contribution in [2.75, 3.05) is 0 Å². The third-order valence-corrected chi connectivity index (χ3v) is 4.25. The van der Waals surface area contributed by atoms with Crippen LogP contribution in [0.1, 0.15) is 26.8 Å². The van der Waals surface area contributed by atoms with E-state index in [1.54, 1.807) is 6.07 Å². The lowest BCUT2D eigenvalue weighted by molar-refractivity contribution is 0.0426. The molecule has 0 fully saturated rings. The summed E-state index contributed by atoms with van der Waals surface area (Å²) in [6.07, 6.45) is 1.39. The molecule has 7 heteroatoms. The number of nitrogens with one attached hydrogen (secondary N) is 1. The van der Waals surface area contributed by atoms with E-state index in [0.717, 1.165) is 10.4 Å². The minimum atomic E-state index is -0.596. The molecule has 3 heterocycles. The maximum absolute atomic E-state index is 12.1. The lowest BCUT2D eigenvalue weighted by Crippen LogP contribution is -2.14. The van der Waals surface area contributed by atoms with Crippen molar-refractivity contribution in [1.82, 2.24) is 9.97 Å². The first-order valence-electron chi connectivity index (χ1n) is 6.26. The highest BCUT2D eigenvalue weighted by Gasteiger charge is 2.14. The molecule has 0 radical (unpaired) electrons. The Bertz CT molecular complexity index is 861. The number of ether oxygens (including phenoxy) is 1. The molecule has 3 rings (SSSR count). The van der Waals surface area contributed by atoms with E-state index < -0.39 is 5.97 Å². The number of thiophene rings is 1. The predicted molar refractivity (Wildman–Crippen MR) is 77.5 cm³/mol. The number of aryl methyl sites for hydroxylation is 2. The van der Waals surface area contributed by atoms with Gasteiger partial charge in [0.25, 0.3) is 5.56 Å². The first kappa shape index (κ1) is 13.6. The highest BCUT2D eigenvalue weighted by Crippen LogP contribution is 2.25. The van der Waals surface area contributed by atoms with Crippen LogP contribution in [0.25, 0.3) is 10.2 Å². The molecule has 0 aromatic carbocycles. The zero-order valence-electron chi connectivity index (χ0n) is 11.4. The molecule has 0 aliphatic carbocycles. The number of aromatic nitrogens is 2. The average Bonchev–Trinajstić information content (AvgIpc) is 3.06. The van der Waals surface area contributed by atoms with Gasteiger partial charge in [-0.05, 0) is 31.5 Å². The monoisotopic (exact) mass is 304 g/mol. The van der Waals surface area contributed by atoms with Gasteiger partial charge in [0, 0.05) is 4.88 Å². The molecule has 1 N–H and O–H groups in total. The summed E-state index contributed by atoms with van der Waals surface area (Å²) in [7, 11) is 0. The molecule has 108 valence electrons. The van der Waals surface area contributed by atoms with Crippen molar-refractivity contribution in [3.63, 3.8) is 0 Å². The Morgan fingerprint density at radius 3 is 3.00 bits per heavy atom. The van der Waals surface area contributed by atoms with Crippen molar-refractivity contribution in [2.24, 2.45) is 0 Å². The molecular formula is C14H12N2O4S. The summed E-state index contributed by atoms with van der Waals surface area (Å²) < 4.78 is 9.98. The maximum atomic E-state index is 12.1. The summed E-state index contributed by atoms with van der Waals surface area (Å²) in [6, 6.07) is 3.10. The number of fused-ring (bicyclic) bond motifs is 1. The molecule has 0 saturated carbocycles. The Kier molecular flexibility index (Phi) is 3.34. The van der Waals surface area contributed by atoms with Crippen LogP contribution >= 0.6 is 11.3 Å². The predicted octanol–water partition coefficient (Wildman–Crippen LogP) is 2.55. The standard InChI is InChI=1S/C14H12N2O4S/c1-7-8(2)21-13-11(7)12(17)15-10(16-13)6-20-14(18)9-4-3-5-19-9/h3-5H,6H2,1-2H3,(H,15,16,17). The fourth-order valence-corrected chi connectivity index (χ4v) is 3.02. The van der Waals surface area contributed by atoms with Gasteiger partial charge in [0.05, 0.1) is 11.6 Å². The molecule has 0 saturated heterocycles. The highest BCUT2D eigenvalue weighted by atomic mass is 32.1. The first-order chi connectivity index (χ1) is 10.1. The molecule has 0 amide bonds. The van der Waals surface area contributed by atoms with Crippen LogP contribution in [0.15, 0.2) is 27.6 Å². The Morgan fingerprint density at radius 2 is 2.29 bits per heavy atom. The van der Waals surface area contributed by atoms with E-state index in [4.69, 9.17) is 9.15 Å². The molecule has 0 aliphatic heterocycles. The van der Waals surface area contributed by atoms with Crippen LogP contribution in [0, 0.1) is 13.8 Å². The normalized spacial score (nSPS) is 11.0. The summed E-state index contributed by atoms with van der Waals surface area (Å²) in [4.78, 5) is 32.4. The van der Waals surface area contributed by atoms with E-state index in [2.05, 4.69) is 9.97 Å². The van der Waals surface area contributed by atoms with E-state index >= 15 is 0 Å². The minimum absolute atomic E-state index is 0.110. The fourth-order valence-electron chi connectivity index (χ4n) is 1.97. The third-order valence-electron chi connectivity index (χ3n) is 3.15. The van der Waals surface area contributed by atoms with E-state index in [0.29, 0.717) is 16.0 Å². The van der Waals surface area contributed by atoms with Crippen LogP contribution in [0.4, 0.5) is 0 Å². The van der Waals surface area contributed by atoms with E-state index in [-0.39, 0.29) is 17.9 Å². The zero-order valence-corrected chi connectivity index (χ0v) is 12.2. The molecule has 6 nitrogen and oxygen atoms in total. The highest BCUT2D eigenvalue weighted by molar-refractivity contribution is 7.18. The Balaban J connectivity index is 1.85. The summed E-state index contributed by atoms with van der Waals surface area (Å²) in [5, 5.41) is 0.596. The van der Waals surface area contributed by atoms with Crippen LogP contribution in [-0.4, -0.2) is 15.9 Å². The number of aromatic amines is 1. The van der Waals surface area contributed by atoms with E-state index in [9.17, 15) is 9.59 Å². The number of hydrogen-bond acceptors (Lipinski definition) is 6. The Morgan fingerprint density at radius 1 is 1.48 bits per heavy atom. The second-order valence-corrected chi connectivity index (χ2v) is 5.73. The number of H-pyrrole nitrogens is 1. The SMILES string of the molecule is Cc1sc2nc(COC(=O)c3ccco3)[nH]c(=O)c2c1C. The van der Waals surface area contributed by atoms with Crippen LogP contribution in [0.2, 0.25) is 0 Å². The van der Waals surface area contributed by atoms with Crippen LogP contribution in [0.5, 0.6) is 0 Å². The summed E-state index contributed by atoms with van der Waals surface area (Å²) in [5.41, 5.74) is 0.716. The van der Waals surface area contributed by atoms with Gasteiger partial charge in [0.2, 0.25) is 5.76 Å². The first-order valence-corrected chi connectivity index (χ1v) is 7.07. The largest absolute Gasteiger partial charge is 0.457 e. The molecule has 0 spiro atoms. The van der Waals surface area contributed by atoms with Gasteiger partial charge >= 0.3 is 5.97 Å². The van der Waals surface area contributed by atoms with E-state index in [1.165, 1.54) is 23.7 Å². The van der Waals surface area contributed by atoms with Crippen molar-refractivity contribution in [3.05, 3.63) is 50.8 Å². The summed E-state index contributed by atoms with van der Waals surface area (Å²) >= 11 is 1.45. The van der Waals surface area contributed by atoms with Gasteiger partial charge in [-0.3, -0.25) is 4.79 Å². The van der Waals surface area contributed by atoms with Crippen molar-refractivity contribution in [3.8, 4) is 0 Å². The van der Waals surface area contributed by atoms with Gasteiger partial charge in [-0.1, -0.05) is 0 Å². The number of carbonyl (C=O) groups excluding carboxylic acids is 1. The van der Waals surface area contributed by atoms with Gasteiger partial charge < -0.3 is 14.1 Å². The van der Waals surface area contributed by atoms with Gasteiger partial charge in [-0.25, -0.2) is 9.78 Å². The van der Waals surface area contributed by atoms with Gasteiger partial charge in [0.15, 0.2) is 0 Å². The third kappa shape index (κ3) is 2.47. The number of carbonyl (C=O) groups is 1. The second kappa shape index (κ2) is 5.17. The molecule has 0 unspecified atom stereocenters. The lowest BCUT2D eigenvalue weighted by atomic mass is 10.2. The molecule has 3 aromatic heterocycles. The quantitative estimate of drug-likeness (QED) is 0.752. The number of furan rings is 1. The van der Waals surface area contributed by atoms with Crippen LogP contribution in [0.3, 0.4) is 0 Å². The van der Waals surface area contributed by atoms with Gasteiger partial charge in [-0.15, -0.1) is 11.3 Å². The summed E-state index contributed by atoms with van der Waals surface area (Å²) in [6.45, 7) is 3.72. The van der Waals surface area contributed by atoms with Crippen molar-refractivity contribution in [2.45, 2.75) is 20.5 Å². The van der Waals surface area contributed by atoms with Crippen molar-refractivity contribution >= 4 is 27.5 Å². The number of nitrogens with zero attached hydrogens (tertiary/aromatic N) is 1. The average molecular weight is 304 g/mol. The molecule has 21 heavy (non-hydrogen) atoms. The molecule has 0 bridgehead atoms. The van der Waals surface area contributed by atoms with E-state index in [1.807, 2.05) is 13.8 Å². The zero-order chi connectivity index (χ0) is 15.0. The van der Waals surface area contributed by atoms with Crippen molar-refractivity contribution < 1.29 is 13.9 Å². The smallest absolute Gasteiger partial charge is 0.374 e. The van der Waals surface area contributed by atoms with Crippen LogP contribution in [-0.2, 0) is 11.3 Å². The number of esters is 1. The topological polar surface area (TPSA) is 85.2 Å². The molecule has 3 aromatic rings. The second-order valence-electron chi connectivity index (χ2n) is 4.53. The molecular weight excluding hydrogens is 292 g/mol. The Labute approximate surface area is 123 Å². The molecule has 0 atom stereocenters. The van der Waals surface area contributed by atoms with Gasteiger partial charge in [0.1, 0.15) is 17.3 Å². The van der Waals surface area contributed by atoms with Gasteiger partial charge in [-0.2, -0.15) is 0 Å². The Hall–Kier alpha value is -2.41. The number of hydrogen-bond donors (Lipinski definition) is 1. The maximum Gasteiger partial charge on any atom is 0.374 e. The lowest BCUT2D eigenvalue weighted by Gasteiger charge is -2.02. The summed E-state index contributed by atoms with van der Waals surface area (Å²) in [5.74, 6) is -0.170.